The highest BCUT2D eigenvalue weighted by Gasteiger charge is 2.39. The third kappa shape index (κ3) is 5.30. The Kier molecular flexibility index (Phi) is 7.35. The number of methoxy groups -OCH3 is 1. The number of esters is 1. The lowest BCUT2D eigenvalue weighted by Gasteiger charge is -2.30. The van der Waals surface area contributed by atoms with Crippen molar-refractivity contribution in [3.05, 3.63) is 71.8 Å². The number of rotatable bonds is 9. The van der Waals surface area contributed by atoms with E-state index >= 15 is 0 Å². The van der Waals surface area contributed by atoms with Crippen molar-refractivity contribution >= 4 is 17.8 Å². The Hall–Kier alpha value is -2.88. The van der Waals surface area contributed by atoms with Crippen molar-refractivity contribution in [2.75, 3.05) is 7.11 Å². The molecule has 0 bridgehead atoms. The average Bonchev–Trinajstić information content (AvgIpc) is 2.72. The Labute approximate surface area is 160 Å². The van der Waals surface area contributed by atoms with Crippen molar-refractivity contribution in [1.29, 1.82) is 0 Å². The summed E-state index contributed by atoms with van der Waals surface area (Å²) in [7, 11) is 1.60. The molecule has 1 atom stereocenters. The molecule has 2 aromatic carbocycles. The van der Waals surface area contributed by atoms with Crippen LogP contribution in [0.3, 0.4) is 0 Å². The molecule has 142 valence electrons. The van der Waals surface area contributed by atoms with Crippen molar-refractivity contribution in [2.45, 2.75) is 38.7 Å². The van der Waals surface area contributed by atoms with E-state index in [1.54, 1.807) is 25.3 Å². The number of hydrogen-bond acceptors (Lipinski definition) is 4. The number of benzene rings is 2. The average molecular weight is 366 g/mol. The van der Waals surface area contributed by atoms with Gasteiger partial charge in [-0.2, -0.15) is 0 Å². The highest BCUT2D eigenvalue weighted by Crippen LogP contribution is 2.28. The van der Waals surface area contributed by atoms with Crippen molar-refractivity contribution in [1.82, 2.24) is 0 Å². The standard InChI is InChI=1S/C23H26O4/c1-4-17-23(5-2,22(25)19-9-7-6-8-10-19)27-21(24)16-13-18-11-14-20(26-3)15-12-18/h6-16H,4-5,17H2,1-3H3/b16-13+. The van der Waals surface area contributed by atoms with Gasteiger partial charge in [0.15, 0.2) is 5.60 Å². The zero-order valence-corrected chi connectivity index (χ0v) is 16.1. The molecule has 0 radical (unpaired) electrons. The molecule has 2 rings (SSSR count). The van der Waals surface area contributed by atoms with E-state index in [1.165, 1.54) is 6.08 Å². The number of carbonyl (C=O) groups excluding carboxylic acids is 2. The highest BCUT2D eigenvalue weighted by molar-refractivity contribution is 6.04. The van der Waals surface area contributed by atoms with Crippen molar-refractivity contribution < 1.29 is 19.1 Å². The van der Waals surface area contributed by atoms with Gasteiger partial charge in [0.1, 0.15) is 5.75 Å². The predicted molar refractivity (Wildman–Crippen MR) is 107 cm³/mol. The maximum absolute atomic E-state index is 13.1. The normalized spacial score (nSPS) is 13.1. The molecule has 0 aliphatic heterocycles. The summed E-state index contributed by atoms with van der Waals surface area (Å²) in [6.45, 7) is 3.85. The summed E-state index contributed by atoms with van der Waals surface area (Å²) in [4.78, 5) is 25.5. The first kappa shape index (κ1) is 20.4. The Balaban J connectivity index is 2.17. The molecular formula is C23H26O4. The van der Waals surface area contributed by atoms with Gasteiger partial charge in [0, 0.05) is 11.6 Å². The summed E-state index contributed by atoms with van der Waals surface area (Å²) >= 11 is 0. The number of carbonyl (C=O) groups is 2. The largest absolute Gasteiger partial charge is 0.497 e. The molecule has 1 unspecified atom stereocenters. The predicted octanol–water partition coefficient (Wildman–Crippen LogP) is 5.08. The van der Waals surface area contributed by atoms with Crippen molar-refractivity contribution in [3.63, 3.8) is 0 Å². The number of ketones is 1. The van der Waals surface area contributed by atoms with Gasteiger partial charge in [-0.25, -0.2) is 4.79 Å². The maximum Gasteiger partial charge on any atom is 0.331 e. The second kappa shape index (κ2) is 9.72. The Morgan fingerprint density at radius 2 is 1.67 bits per heavy atom. The van der Waals surface area contributed by atoms with Gasteiger partial charge in [-0.3, -0.25) is 4.79 Å². The van der Waals surface area contributed by atoms with Crippen LogP contribution in [0.25, 0.3) is 6.08 Å². The molecule has 0 N–H and O–H groups in total. The summed E-state index contributed by atoms with van der Waals surface area (Å²) in [5, 5.41) is 0. The van der Waals surface area contributed by atoms with Gasteiger partial charge in [-0.05, 0) is 36.6 Å². The lowest BCUT2D eigenvalue weighted by atomic mass is 9.86. The fourth-order valence-corrected chi connectivity index (χ4v) is 2.98. The Morgan fingerprint density at radius 3 is 2.22 bits per heavy atom. The van der Waals surface area contributed by atoms with E-state index in [0.717, 1.165) is 17.7 Å². The minimum absolute atomic E-state index is 0.154. The van der Waals surface area contributed by atoms with Crippen molar-refractivity contribution in [2.24, 2.45) is 0 Å². The fourth-order valence-electron chi connectivity index (χ4n) is 2.98. The van der Waals surface area contributed by atoms with Gasteiger partial charge in [-0.1, -0.05) is 62.7 Å². The fraction of sp³-hybridized carbons (Fsp3) is 0.304. The van der Waals surface area contributed by atoms with Gasteiger partial charge >= 0.3 is 5.97 Å². The summed E-state index contributed by atoms with van der Waals surface area (Å²) in [6, 6.07) is 16.3. The van der Waals surface area contributed by atoms with Crippen LogP contribution < -0.4 is 4.74 Å². The lowest BCUT2D eigenvalue weighted by molar-refractivity contribution is -0.150. The van der Waals surface area contributed by atoms with Gasteiger partial charge in [0.05, 0.1) is 7.11 Å². The molecule has 0 aliphatic carbocycles. The van der Waals surface area contributed by atoms with Gasteiger partial charge in [0.2, 0.25) is 5.78 Å². The molecule has 0 saturated carbocycles. The zero-order valence-electron chi connectivity index (χ0n) is 16.1. The van der Waals surface area contributed by atoms with E-state index < -0.39 is 11.6 Å². The number of Topliss-reactive ketones (excluding diaryl/α,β-unsaturated/α-hetero) is 1. The Bertz CT molecular complexity index is 778. The highest BCUT2D eigenvalue weighted by atomic mass is 16.6. The van der Waals surface area contributed by atoms with Gasteiger partial charge in [-0.15, -0.1) is 0 Å². The smallest absolute Gasteiger partial charge is 0.331 e. The first-order valence-corrected chi connectivity index (χ1v) is 9.19. The molecule has 4 heteroatoms. The van der Waals surface area contributed by atoms with Crippen molar-refractivity contribution in [3.8, 4) is 5.75 Å². The van der Waals surface area contributed by atoms with E-state index in [2.05, 4.69) is 0 Å². The molecule has 4 nitrogen and oxygen atoms in total. The van der Waals surface area contributed by atoms with Crippen LogP contribution in [0.4, 0.5) is 0 Å². The quantitative estimate of drug-likeness (QED) is 0.353. The zero-order chi connectivity index (χ0) is 19.7. The van der Waals surface area contributed by atoms with Gasteiger partial charge in [0.25, 0.3) is 0 Å². The summed E-state index contributed by atoms with van der Waals surface area (Å²) < 4.78 is 10.8. The van der Waals surface area contributed by atoms with Crippen LogP contribution in [0.1, 0.15) is 49.0 Å². The third-order valence-corrected chi connectivity index (χ3v) is 4.50. The lowest BCUT2D eigenvalue weighted by Crippen LogP contribution is -2.42. The van der Waals surface area contributed by atoms with Crippen LogP contribution in [0, 0.1) is 0 Å². The molecule has 0 saturated heterocycles. The second-order valence-corrected chi connectivity index (χ2v) is 6.32. The maximum atomic E-state index is 13.1. The minimum atomic E-state index is -1.14. The SMILES string of the molecule is CCCC(CC)(OC(=O)/C=C/c1ccc(OC)cc1)C(=O)c1ccccc1. The molecule has 0 aromatic heterocycles. The van der Waals surface area contributed by atoms with E-state index in [9.17, 15) is 9.59 Å². The van der Waals surface area contributed by atoms with E-state index in [4.69, 9.17) is 9.47 Å². The Morgan fingerprint density at radius 1 is 1.00 bits per heavy atom. The molecule has 0 fully saturated rings. The van der Waals surface area contributed by atoms with Crippen LogP contribution >= 0.6 is 0 Å². The minimum Gasteiger partial charge on any atom is -0.497 e. The van der Waals surface area contributed by atoms with E-state index in [-0.39, 0.29) is 5.78 Å². The van der Waals surface area contributed by atoms with E-state index in [0.29, 0.717) is 18.4 Å². The first-order chi connectivity index (χ1) is 13.0. The van der Waals surface area contributed by atoms with Crippen LogP contribution in [-0.4, -0.2) is 24.5 Å². The summed E-state index contributed by atoms with van der Waals surface area (Å²) in [6.07, 6.45) is 4.68. The molecule has 2 aromatic rings. The molecule has 0 spiro atoms. The molecule has 0 aliphatic rings. The summed E-state index contributed by atoms with van der Waals surface area (Å²) in [5.41, 5.74) is 0.261. The molecule has 0 heterocycles. The molecule has 27 heavy (non-hydrogen) atoms. The number of ether oxygens (including phenoxy) is 2. The number of hydrogen-bond donors (Lipinski definition) is 0. The summed E-state index contributed by atoms with van der Waals surface area (Å²) in [5.74, 6) is 0.0696. The second-order valence-electron chi connectivity index (χ2n) is 6.32. The third-order valence-electron chi connectivity index (χ3n) is 4.50. The van der Waals surface area contributed by atoms with Crippen LogP contribution in [0.15, 0.2) is 60.7 Å². The van der Waals surface area contributed by atoms with Crippen LogP contribution in [0.5, 0.6) is 5.75 Å². The molecule has 0 amide bonds. The van der Waals surface area contributed by atoms with E-state index in [1.807, 2.05) is 56.3 Å². The molecular weight excluding hydrogens is 340 g/mol. The van der Waals surface area contributed by atoms with Gasteiger partial charge < -0.3 is 9.47 Å². The monoisotopic (exact) mass is 366 g/mol. The first-order valence-electron chi connectivity index (χ1n) is 9.19. The van der Waals surface area contributed by atoms with Crippen LogP contribution in [-0.2, 0) is 9.53 Å². The van der Waals surface area contributed by atoms with Crippen LogP contribution in [0.2, 0.25) is 0 Å². The topological polar surface area (TPSA) is 52.6 Å².